The van der Waals surface area contributed by atoms with Crippen molar-refractivity contribution >= 4 is 10.9 Å². The van der Waals surface area contributed by atoms with Crippen molar-refractivity contribution in [2.45, 2.75) is 5.92 Å². The Hall–Kier alpha value is -3.13. The summed E-state index contributed by atoms with van der Waals surface area (Å²) in [4.78, 5) is 4.66. The van der Waals surface area contributed by atoms with Gasteiger partial charge in [-0.1, -0.05) is 66.7 Å². The van der Waals surface area contributed by atoms with E-state index < -0.39 is 0 Å². The second-order valence-corrected chi connectivity index (χ2v) is 6.04. The van der Waals surface area contributed by atoms with E-state index in [-0.39, 0.29) is 5.92 Å². The molecular weight excluding hydrogens is 306 g/mol. The third kappa shape index (κ3) is 2.99. The van der Waals surface area contributed by atoms with Crippen LogP contribution in [0.5, 0.6) is 5.75 Å². The van der Waals surface area contributed by atoms with E-state index in [1.807, 2.05) is 24.4 Å². The summed E-state index contributed by atoms with van der Waals surface area (Å²) in [6.07, 6.45) is 1.86. The smallest absolute Gasteiger partial charge is 0.118 e. The quantitative estimate of drug-likeness (QED) is 0.467. The SMILES string of the molecule is COc1ccc([C@H](c2ccccc2)c2cccc3cccnc23)cc1. The van der Waals surface area contributed by atoms with Gasteiger partial charge in [0.1, 0.15) is 5.75 Å². The van der Waals surface area contributed by atoms with E-state index in [2.05, 4.69) is 71.7 Å². The van der Waals surface area contributed by atoms with Crippen LogP contribution in [0.4, 0.5) is 0 Å². The molecule has 4 rings (SSSR count). The predicted molar refractivity (Wildman–Crippen MR) is 102 cm³/mol. The van der Waals surface area contributed by atoms with E-state index in [4.69, 9.17) is 4.74 Å². The first-order valence-corrected chi connectivity index (χ1v) is 8.39. The Morgan fingerprint density at radius 3 is 2.20 bits per heavy atom. The van der Waals surface area contributed by atoms with Gasteiger partial charge in [0, 0.05) is 17.5 Å². The Morgan fingerprint density at radius 2 is 1.44 bits per heavy atom. The highest BCUT2D eigenvalue weighted by atomic mass is 16.5. The van der Waals surface area contributed by atoms with Gasteiger partial charge >= 0.3 is 0 Å². The van der Waals surface area contributed by atoms with Crippen molar-refractivity contribution in [3.63, 3.8) is 0 Å². The first-order valence-electron chi connectivity index (χ1n) is 8.39. The molecule has 1 heterocycles. The number of hydrogen-bond acceptors (Lipinski definition) is 2. The molecule has 1 aromatic heterocycles. The van der Waals surface area contributed by atoms with Crippen LogP contribution in [0.1, 0.15) is 22.6 Å². The molecule has 4 aromatic rings. The lowest BCUT2D eigenvalue weighted by Gasteiger charge is -2.20. The third-order valence-corrected chi connectivity index (χ3v) is 4.56. The molecule has 0 aliphatic rings. The van der Waals surface area contributed by atoms with E-state index in [0.717, 1.165) is 16.7 Å². The Kier molecular flexibility index (Phi) is 4.17. The number of pyridine rings is 1. The van der Waals surface area contributed by atoms with Crippen LogP contribution in [0.15, 0.2) is 91.1 Å². The Bertz CT molecular complexity index is 972. The summed E-state index contributed by atoms with van der Waals surface area (Å²) in [5, 5.41) is 1.16. The largest absolute Gasteiger partial charge is 0.497 e. The molecular formula is C23H19NO. The molecule has 2 nitrogen and oxygen atoms in total. The van der Waals surface area contributed by atoms with E-state index in [1.54, 1.807) is 7.11 Å². The van der Waals surface area contributed by atoms with Gasteiger partial charge in [-0.05, 0) is 34.9 Å². The molecule has 0 N–H and O–H groups in total. The third-order valence-electron chi connectivity index (χ3n) is 4.56. The average molecular weight is 325 g/mol. The first-order chi connectivity index (χ1) is 12.4. The second-order valence-electron chi connectivity index (χ2n) is 6.04. The number of fused-ring (bicyclic) bond motifs is 1. The van der Waals surface area contributed by atoms with Crippen LogP contribution in [0, 0.1) is 0 Å². The van der Waals surface area contributed by atoms with Gasteiger partial charge < -0.3 is 4.74 Å². The molecule has 0 saturated heterocycles. The highest BCUT2D eigenvalue weighted by Crippen LogP contribution is 2.35. The van der Waals surface area contributed by atoms with Crippen molar-refractivity contribution in [1.82, 2.24) is 4.98 Å². The summed E-state index contributed by atoms with van der Waals surface area (Å²) in [6.45, 7) is 0. The van der Waals surface area contributed by atoms with Crippen LogP contribution >= 0.6 is 0 Å². The van der Waals surface area contributed by atoms with Crippen LogP contribution in [0.2, 0.25) is 0 Å². The van der Waals surface area contributed by atoms with Crippen molar-refractivity contribution in [2.75, 3.05) is 7.11 Å². The molecule has 0 spiro atoms. The number of aromatic nitrogens is 1. The summed E-state index contributed by atoms with van der Waals surface area (Å²) in [5.74, 6) is 0.998. The van der Waals surface area contributed by atoms with Gasteiger partial charge in [-0.3, -0.25) is 4.98 Å². The molecule has 0 aliphatic carbocycles. The number of nitrogens with zero attached hydrogens (tertiary/aromatic N) is 1. The van der Waals surface area contributed by atoms with Gasteiger partial charge in [-0.2, -0.15) is 0 Å². The predicted octanol–water partition coefficient (Wildman–Crippen LogP) is 5.42. The van der Waals surface area contributed by atoms with Crippen LogP contribution in [-0.4, -0.2) is 12.1 Å². The lowest BCUT2D eigenvalue weighted by atomic mass is 9.84. The zero-order valence-electron chi connectivity index (χ0n) is 14.1. The maximum Gasteiger partial charge on any atom is 0.118 e. The van der Waals surface area contributed by atoms with Gasteiger partial charge in [-0.15, -0.1) is 0 Å². The molecule has 0 bridgehead atoms. The Morgan fingerprint density at radius 1 is 0.720 bits per heavy atom. The molecule has 0 fully saturated rings. The van der Waals surface area contributed by atoms with Gasteiger partial charge in [0.2, 0.25) is 0 Å². The molecule has 1 atom stereocenters. The fourth-order valence-electron chi connectivity index (χ4n) is 3.35. The molecule has 0 radical (unpaired) electrons. The van der Waals surface area contributed by atoms with Gasteiger partial charge in [0.15, 0.2) is 0 Å². The Balaban J connectivity index is 1.93. The first kappa shape index (κ1) is 15.4. The molecule has 122 valence electrons. The number of hydrogen-bond donors (Lipinski definition) is 0. The lowest BCUT2D eigenvalue weighted by Crippen LogP contribution is -2.05. The highest BCUT2D eigenvalue weighted by Gasteiger charge is 2.19. The fourth-order valence-corrected chi connectivity index (χ4v) is 3.35. The molecule has 0 aliphatic heterocycles. The van der Waals surface area contributed by atoms with Crippen LogP contribution < -0.4 is 4.74 Å². The topological polar surface area (TPSA) is 22.1 Å². The molecule has 3 aromatic carbocycles. The van der Waals surface area contributed by atoms with Crippen LogP contribution in [-0.2, 0) is 0 Å². The zero-order valence-corrected chi connectivity index (χ0v) is 14.1. The zero-order chi connectivity index (χ0) is 17.1. The van der Waals surface area contributed by atoms with Crippen molar-refractivity contribution in [2.24, 2.45) is 0 Å². The van der Waals surface area contributed by atoms with Crippen molar-refractivity contribution in [1.29, 1.82) is 0 Å². The van der Waals surface area contributed by atoms with Crippen LogP contribution in [0.25, 0.3) is 10.9 Å². The molecule has 0 amide bonds. The maximum absolute atomic E-state index is 5.32. The number of para-hydroxylation sites is 1. The van der Waals surface area contributed by atoms with Crippen molar-refractivity contribution in [3.8, 4) is 5.75 Å². The average Bonchev–Trinajstić information content (AvgIpc) is 2.70. The minimum absolute atomic E-state index is 0.130. The van der Waals surface area contributed by atoms with Gasteiger partial charge in [-0.25, -0.2) is 0 Å². The number of methoxy groups -OCH3 is 1. The number of benzene rings is 3. The van der Waals surface area contributed by atoms with E-state index >= 15 is 0 Å². The summed E-state index contributed by atoms with van der Waals surface area (Å²) in [6, 6.07) is 29.4. The van der Waals surface area contributed by atoms with Crippen molar-refractivity contribution in [3.05, 3.63) is 108 Å². The minimum Gasteiger partial charge on any atom is -0.497 e. The normalized spacial score (nSPS) is 12.0. The summed E-state index contributed by atoms with van der Waals surface area (Å²) in [7, 11) is 1.69. The summed E-state index contributed by atoms with van der Waals surface area (Å²) < 4.78 is 5.32. The highest BCUT2D eigenvalue weighted by molar-refractivity contribution is 5.83. The van der Waals surface area contributed by atoms with Gasteiger partial charge in [0.05, 0.1) is 12.6 Å². The van der Waals surface area contributed by atoms with E-state index in [1.165, 1.54) is 16.7 Å². The standard InChI is InChI=1S/C23H19NO/c1-25-20-14-12-18(13-15-20)22(17-7-3-2-4-8-17)21-11-5-9-19-10-6-16-24-23(19)21/h2-16,22H,1H3/t22-/m0/s1. The molecule has 25 heavy (non-hydrogen) atoms. The Labute approximate surface area is 147 Å². The maximum atomic E-state index is 5.32. The van der Waals surface area contributed by atoms with Crippen LogP contribution in [0.3, 0.4) is 0 Å². The van der Waals surface area contributed by atoms with Gasteiger partial charge in [0.25, 0.3) is 0 Å². The summed E-state index contributed by atoms with van der Waals surface area (Å²) >= 11 is 0. The summed E-state index contributed by atoms with van der Waals surface area (Å²) in [5.41, 5.74) is 4.75. The van der Waals surface area contributed by atoms with E-state index in [9.17, 15) is 0 Å². The fraction of sp³-hybridized carbons (Fsp3) is 0.0870. The minimum atomic E-state index is 0.130. The lowest BCUT2D eigenvalue weighted by molar-refractivity contribution is 0.414. The van der Waals surface area contributed by atoms with E-state index in [0.29, 0.717) is 0 Å². The molecule has 2 heteroatoms. The van der Waals surface area contributed by atoms with Crippen molar-refractivity contribution < 1.29 is 4.74 Å². The molecule has 0 saturated carbocycles. The number of rotatable bonds is 4. The molecule has 0 unspecified atom stereocenters. The second kappa shape index (κ2) is 6.78. The monoisotopic (exact) mass is 325 g/mol. The number of ether oxygens (including phenoxy) is 1.